The lowest BCUT2D eigenvalue weighted by atomic mass is 9.95. The summed E-state index contributed by atoms with van der Waals surface area (Å²) in [7, 11) is 0. The molecule has 3 N–H and O–H groups in total. The minimum absolute atomic E-state index is 0.0894. The highest BCUT2D eigenvalue weighted by Gasteiger charge is 2.31. The number of imide groups is 1. The van der Waals surface area contributed by atoms with Crippen LogP contribution in [0.5, 0.6) is 11.6 Å². The Morgan fingerprint density at radius 1 is 1.22 bits per heavy atom. The highest BCUT2D eigenvalue weighted by Crippen LogP contribution is 2.41. The molecular formula is C20H19Cl2N5O4S. The van der Waals surface area contributed by atoms with Crippen LogP contribution in [0.25, 0.3) is 6.08 Å². The molecule has 2 fully saturated rings. The molecule has 2 aliphatic rings. The molecule has 12 heteroatoms. The van der Waals surface area contributed by atoms with Gasteiger partial charge < -0.3 is 10.2 Å². The summed E-state index contributed by atoms with van der Waals surface area (Å²) >= 11 is 13.3. The Morgan fingerprint density at radius 2 is 2.00 bits per heavy atom. The summed E-state index contributed by atoms with van der Waals surface area (Å²) in [6.45, 7) is 1.71. The molecule has 4 rings (SSSR count). The van der Waals surface area contributed by atoms with Crippen LogP contribution in [-0.2, 0) is 4.79 Å². The van der Waals surface area contributed by atoms with Gasteiger partial charge in [-0.3, -0.25) is 14.9 Å². The maximum absolute atomic E-state index is 11.7. The van der Waals surface area contributed by atoms with Gasteiger partial charge >= 0.3 is 0 Å². The fourth-order valence-corrected chi connectivity index (χ4v) is 4.81. The fourth-order valence-electron chi connectivity index (χ4n) is 3.57. The summed E-state index contributed by atoms with van der Waals surface area (Å²) in [6.07, 6.45) is 3.54. The second-order valence-electron chi connectivity index (χ2n) is 7.50. The number of azo groups is 1. The van der Waals surface area contributed by atoms with Gasteiger partial charge in [-0.1, -0.05) is 6.07 Å². The van der Waals surface area contributed by atoms with E-state index in [2.05, 4.69) is 20.6 Å². The molecule has 0 radical (unpaired) electrons. The zero-order valence-corrected chi connectivity index (χ0v) is 19.2. The maximum Gasteiger partial charge on any atom is 0.290 e. The number of rotatable bonds is 4. The molecule has 32 heavy (non-hydrogen) atoms. The van der Waals surface area contributed by atoms with Crippen LogP contribution in [0.1, 0.15) is 36.6 Å². The van der Waals surface area contributed by atoms with Crippen molar-refractivity contribution in [2.75, 3.05) is 0 Å². The highest BCUT2D eigenvalue weighted by atomic mass is 35.5. The number of carbonyl (C=O) groups is 2. The Labute approximate surface area is 197 Å². The van der Waals surface area contributed by atoms with Crippen molar-refractivity contribution in [3.05, 3.63) is 34.4 Å². The van der Waals surface area contributed by atoms with Crippen LogP contribution in [0.2, 0.25) is 0 Å². The lowest BCUT2D eigenvalue weighted by Gasteiger charge is -2.29. The van der Waals surface area contributed by atoms with Gasteiger partial charge in [0, 0.05) is 0 Å². The van der Waals surface area contributed by atoms with Crippen molar-refractivity contribution in [1.29, 1.82) is 0 Å². The largest absolute Gasteiger partial charge is 0.506 e. The van der Waals surface area contributed by atoms with E-state index >= 15 is 0 Å². The normalized spacial score (nSPS) is 25.1. The number of aryl methyl sites for hydroxylation is 1. The molecule has 168 valence electrons. The zero-order chi connectivity index (χ0) is 23.0. The predicted molar refractivity (Wildman–Crippen MR) is 122 cm³/mol. The quantitative estimate of drug-likeness (QED) is 0.300. The van der Waals surface area contributed by atoms with E-state index in [1.165, 1.54) is 22.9 Å². The number of halogens is 2. The van der Waals surface area contributed by atoms with Gasteiger partial charge in [-0.2, -0.15) is 5.10 Å². The lowest BCUT2D eigenvalue weighted by Crippen LogP contribution is -2.28. The summed E-state index contributed by atoms with van der Waals surface area (Å²) in [5.41, 5.74) is 1.38. The molecule has 2 heterocycles. The number of carbonyl (C=O) groups excluding carboxylic acids is 2. The van der Waals surface area contributed by atoms with Gasteiger partial charge in [-0.25, -0.2) is 4.68 Å². The minimum Gasteiger partial charge on any atom is -0.506 e. The number of amides is 2. The van der Waals surface area contributed by atoms with E-state index < -0.39 is 11.1 Å². The van der Waals surface area contributed by atoms with Crippen molar-refractivity contribution in [3.8, 4) is 11.6 Å². The lowest BCUT2D eigenvalue weighted by molar-refractivity contribution is -0.115. The number of benzene rings is 1. The van der Waals surface area contributed by atoms with Crippen molar-refractivity contribution in [3.63, 3.8) is 0 Å². The third kappa shape index (κ3) is 4.62. The van der Waals surface area contributed by atoms with Gasteiger partial charge in [0.15, 0.2) is 5.69 Å². The van der Waals surface area contributed by atoms with Crippen LogP contribution in [0.4, 0.5) is 16.2 Å². The van der Waals surface area contributed by atoms with Crippen LogP contribution in [-0.4, -0.2) is 41.9 Å². The van der Waals surface area contributed by atoms with E-state index in [1.54, 1.807) is 13.0 Å². The van der Waals surface area contributed by atoms with Crippen LogP contribution < -0.4 is 5.32 Å². The van der Waals surface area contributed by atoms with Crippen LogP contribution in [0.3, 0.4) is 0 Å². The molecular weight excluding hydrogens is 477 g/mol. The standard InChI is InChI=1S/C20H19Cl2N5O4S/c1-9-17(19(30)27(26-9)11-3-4-12(21)13(22)8-11)25-24-14-5-2-10(6-15(14)28)7-16-18(29)23-20(31)32-16/h2,5-7,11-13,28,30H,3-4,8H2,1H3,(H,23,29,31). The van der Waals surface area contributed by atoms with Gasteiger partial charge in [-0.05, 0) is 61.7 Å². The van der Waals surface area contributed by atoms with Crippen LogP contribution in [0.15, 0.2) is 33.3 Å². The fraction of sp³-hybridized carbons (Fsp3) is 0.350. The first-order valence-corrected chi connectivity index (χ1v) is 11.5. The molecule has 1 saturated carbocycles. The molecule has 2 amide bonds. The number of aromatic nitrogens is 2. The second kappa shape index (κ2) is 9.13. The number of alkyl halides is 2. The van der Waals surface area contributed by atoms with Crippen molar-refractivity contribution >= 4 is 63.6 Å². The third-order valence-corrected chi connectivity index (χ3v) is 7.18. The smallest absolute Gasteiger partial charge is 0.290 e. The van der Waals surface area contributed by atoms with E-state index in [-0.39, 0.29) is 44.7 Å². The molecule has 1 aliphatic heterocycles. The Hall–Kier alpha value is -2.56. The Morgan fingerprint density at radius 3 is 2.66 bits per heavy atom. The summed E-state index contributed by atoms with van der Waals surface area (Å²) in [5, 5.41) is 34.9. The Kier molecular flexibility index (Phi) is 6.45. The van der Waals surface area contributed by atoms with Gasteiger partial charge in [0.25, 0.3) is 11.1 Å². The maximum atomic E-state index is 11.7. The molecule has 0 bridgehead atoms. The van der Waals surface area contributed by atoms with Crippen molar-refractivity contribution in [2.45, 2.75) is 43.0 Å². The number of phenols is 1. The molecule has 0 spiro atoms. The molecule has 1 saturated heterocycles. The molecule has 3 unspecified atom stereocenters. The first-order chi connectivity index (χ1) is 15.2. The molecule has 1 aromatic heterocycles. The van der Waals surface area contributed by atoms with E-state index in [0.717, 1.165) is 24.6 Å². The van der Waals surface area contributed by atoms with E-state index in [1.807, 2.05) is 0 Å². The van der Waals surface area contributed by atoms with Gasteiger partial charge in [0.1, 0.15) is 11.4 Å². The van der Waals surface area contributed by atoms with Gasteiger partial charge in [0.05, 0.1) is 27.4 Å². The Bertz CT molecular complexity index is 1150. The van der Waals surface area contributed by atoms with E-state index in [4.69, 9.17) is 23.2 Å². The monoisotopic (exact) mass is 495 g/mol. The van der Waals surface area contributed by atoms with Gasteiger partial charge in [0.2, 0.25) is 5.88 Å². The van der Waals surface area contributed by atoms with Crippen molar-refractivity contribution in [1.82, 2.24) is 15.1 Å². The SMILES string of the molecule is Cc1nn(C2CCC(Cl)C(Cl)C2)c(O)c1N=Nc1ccc(C=C2SC(=O)NC2=O)cc1O. The van der Waals surface area contributed by atoms with Crippen molar-refractivity contribution < 1.29 is 19.8 Å². The van der Waals surface area contributed by atoms with Gasteiger partial charge in [-0.15, -0.1) is 33.4 Å². The zero-order valence-electron chi connectivity index (χ0n) is 16.8. The Balaban J connectivity index is 1.53. The van der Waals surface area contributed by atoms with E-state index in [0.29, 0.717) is 17.7 Å². The second-order valence-corrected chi connectivity index (χ2v) is 9.64. The third-order valence-electron chi connectivity index (χ3n) is 5.24. The number of thioether (sulfide) groups is 1. The molecule has 1 aromatic carbocycles. The van der Waals surface area contributed by atoms with Crippen molar-refractivity contribution in [2.24, 2.45) is 10.2 Å². The number of nitrogens with zero attached hydrogens (tertiary/aromatic N) is 4. The number of phenolic OH excluding ortho intramolecular Hbond substituents is 1. The number of nitrogens with one attached hydrogen (secondary N) is 1. The topological polar surface area (TPSA) is 129 Å². The minimum atomic E-state index is -0.480. The molecule has 2 aromatic rings. The average molecular weight is 496 g/mol. The highest BCUT2D eigenvalue weighted by molar-refractivity contribution is 8.18. The average Bonchev–Trinajstić information content (AvgIpc) is 3.20. The molecule has 1 aliphatic carbocycles. The number of hydrogen-bond donors (Lipinski definition) is 3. The summed E-state index contributed by atoms with van der Waals surface area (Å²) in [6, 6.07) is 4.45. The molecule has 3 atom stereocenters. The van der Waals surface area contributed by atoms with E-state index in [9.17, 15) is 19.8 Å². The predicted octanol–water partition coefficient (Wildman–Crippen LogP) is 5.28. The van der Waals surface area contributed by atoms with Crippen LogP contribution >= 0.6 is 35.0 Å². The molecule has 9 nitrogen and oxygen atoms in total. The van der Waals surface area contributed by atoms with Crippen LogP contribution in [0, 0.1) is 6.92 Å². The first kappa shape index (κ1) is 22.6. The number of hydrogen-bond acceptors (Lipinski definition) is 8. The first-order valence-electron chi connectivity index (χ1n) is 9.78. The number of aromatic hydroxyl groups is 2. The summed E-state index contributed by atoms with van der Waals surface area (Å²) < 4.78 is 1.50. The summed E-state index contributed by atoms with van der Waals surface area (Å²) in [4.78, 5) is 23.1. The summed E-state index contributed by atoms with van der Waals surface area (Å²) in [5.74, 6) is -0.776.